The first-order valence-electron chi connectivity index (χ1n) is 13.1. The highest BCUT2D eigenvalue weighted by atomic mass is 16.5. The summed E-state index contributed by atoms with van der Waals surface area (Å²) in [5.74, 6) is 1.69. The Labute approximate surface area is 204 Å². The monoisotopic (exact) mass is 471 g/mol. The van der Waals surface area contributed by atoms with Crippen molar-refractivity contribution in [1.29, 1.82) is 0 Å². The van der Waals surface area contributed by atoms with Crippen molar-refractivity contribution in [3.63, 3.8) is 0 Å². The second-order valence-electron chi connectivity index (χ2n) is 10.3. The Hall–Kier alpha value is -2.12. The predicted octanol–water partition coefficient (Wildman–Crippen LogP) is 3.04. The third-order valence-corrected chi connectivity index (χ3v) is 7.39. The molecule has 7 heteroatoms. The number of amides is 2. The van der Waals surface area contributed by atoms with E-state index in [2.05, 4.69) is 23.6 Å². The van der Waals surface area contributed by atoms with Crippen LogP contribution in [0.3, 0.4) is 0 Å². The zero-order valence-electron chi connectivity index (χ0n) is 20.9. The van der Waals surface area contributed by atoms with Gasteiger partial charge in [0.25, 0.3) is 0 Å². The largest absolute Gasteiger partial charge is 0.493 e. The van der Waals surface area contributed by atoms with Gasteiger partial charge in [0.1, 0.15) is 5.75 Å². The molecule has 3 atom stereocenters. The van der Waals surface area contributed by atoms with Crippen molar-refractivity contribution >= 4 is 11.8 Å². The average Bonchev–Trinajstić information content (AvgIpc) is 2.84. The van der Waals surface area contributed by atoms with E-state index in [0.29, 0.717) is 37.7 Å². The molecule has 2 amide bonds. The van der Waals surface area contributed by atoms with Crippen molar-refractivity contribution in [2.24, 2.45) is 11.8 Å². The maximum absolute atomic E-state index is 13.2. The van der Waals surface area contributed by atoms with Crippen LogP contribution >= 0.6 is 0 Å². The molecule has 3 fully saturated rings. The first kappa shape index (κ1) is 25.0. The molecule has 0 spiro atoms. The van der Waals surface area contributed by atoms with E-state index in [1.54, 1.807) is 0 Å². The van der Waals surface area contributed by atoms with E-state index in [9.17, 15) is 9.59 Å². The molecule has 1 aromatic rings. The van der Waals surface area contributed by atoms with Crippen LogP contribution in [0.5, 0.6) is 5.75 Å². The molecule has 7 nitrogen and oxygen atoms in total. The highest BCUT2D eigenvalue weighted by Crippen LogP contribution is 2.25. The number of morpholine rings is 1. The van der Waals surface area contributed by atoms with Crippen LogP contribution in [0.25, 0.3) is 0 Å². The molecular weight excluding hydrogens is 430 g/mol. The number of piperidine rings is 2. The van der Waals surface area contributed by atoms with Crippen molar-refractivity contribution in [3.05, 3.63) is 30.3 Å². The average molecular weight is 472 g/mol. The summed E-state index contributed by atoms with van der Waals surface area (Å²) in [6, 6.07) is 9.57. The van der Waals surface area contributed by atoms with Crippen LogP contribution in [-0.4, -0.2) is 91.1 Å². The minimum Gasteiger partial charge on any atom is -0.493 e. The standard InChI is InChI=1S/C27H41N3O4/c1-21-17-28(18-22(2)34-21)19-23-10-14-29(15-11-23)27(32)24-7-6-13-30(20-24)26(31)12-16-33-25-8-4-3-5-9-25/h3-5,8-9,21-24H,6-7,10-20H2,1-2H3. The predicted molar refractivity (Wildman–Crippen MR) is 132 cm³/mol. The fraction of sp³-hybridized carbons (Fsp3) is 0.704. The summed E-state index contributed by atoms with van der Waals surface area (Å²) in [5.41, 5.74) is 0. The Kier molecular flexibility index (Phi) is 8.84. The van der Waals surface area contributed by atoms with Crippen LogP contribution < -0.4 is 4.74 Å². The number of carbonyl (C=O) groups excluding carboxylic acids is 2. The summed E-state index contributed by atoms with van der Waals surface area (Å²) in [6.45, 7) is 10.8. The molecule has 34 heavy (non-hydrogen) atoms. The lowest BCUT2D eigenvalue weighted by Gasteiger charge is -2.41. The van der Waals surface area contributed by atoms with Gasteiger partial charge in [-0.3, -0.25) is 14.5 Å². The third-order valence-electron chi connectivity index (χ3n) is 7.39. The third kappa shape index (κ3) is 6.95. The number of ether oxygens (including phenoxy) is 2. The van der Waals surface area contributed by atoms with Crippen LogP contribution in [-0.2, 0) is 14.3 Å². The molecule has 0 aromatic heterocycles. The smallest absolute Gasteiger partial charge is 0.227 e. The van der Waals surface area contributed by atoms with Gasteiger partial charge in [0.15, 0.2) is 0 Å². The second kappa shape index (κ2) is 12.0. The quantitative estimate of drug-likeness (QED) is 0.612. The maximum Gasteiger partial charge on any atom is 0.227 e. The molecular formula is C27H41N3O4. The van der Waals surface area contributed by atoms with E-state index >= 15 is 0 Å². The Morgan fingerprint density at radius 3 is 2.35 bits per heavy atom. The number of carbonyl (C=O) groups is 2. The fourth-order valence-electron chi connectivity index (χ4n) is 5.73. The van der Waals surface area contributed by atoms with Gasteiger partial charge in [-0.2, -0.15) is 0 Å². The van der Waals surface area contributed by atoms with Gasteiger partial charge in [-0.05, 0) is 57.6 Å². The maximum atomic E-state index is 13.2. The number of hydrogen-bond acceptors (Lipinski definition) is 5. The highest BCUT2D eigenvalue weighted by molar-refractivity contribution is 5.81. The molecule has 0 bridgehead atoms. The molecule has 3 aliphatic rings. The van der Waals surface area contributed by atoms with Crippen molar-refractivity contribution < 1.29 is 19.1 Å². The van der Waals surface area contributed by atoms with Crippen molar-refractivity contribution in [2.45, 2.75) is 58.2 Å². The van der Waals surface area contributed by atoms with E-state index in [-0.39, 0.29) is 17.7 Å². The van der Waals surface area contributed by atoms with Crippen LogP contribution in [0, 0.1) is 11.8 Å². The van der Waals surface area contributed by atoms with Gasteiger partial charge in [-0.15, -0.1) is 0 Å². The lowest BCUT2D eigenvalue weighted by molar-refractivity contribution is -0.142. The van der Waals surface area contributed by atoms with Crippen LogP contribution in [0.15, 0.2) is 30.3 Å². The molecule has 3 saturated heterocycles. The minimum atomic E-state index is -0.0646. The molecule has 0 N–H and O–H groups in total. The number of rotatable bonds is 7. The topological polar surface area (TPSA) is 62.3 Å². The van der Waals surface area contributed by atoms with Crippen LogP contribution in [0.4, 0.5) is 0 Å². The zero-order valence-corrected chi connectivity index (χ0v) is 20.9. The first-order chi connectivity index (χ1) is 16.5. The van der Waals surface area contributed by atoms with Crippen LogP contribution in [0.1, 0.15) is 46.0 Å². The highest BCUT2D eigenvalue weighted by Gasteiger charge is 2.33. The number of likely N-dealkylation sites (tertiary alicyclic amines) is 2. The Morgan fingerprint density at radius 2 is 1.65 bits per heavy atom. The summed E-state index contributed by atoms with van der Waals surface area (Å²) in [4.78, 5) is 32.4. The van der Waals surface area contributed by atoms with Gasteiger partial charge < -0.3 is 19.3 Å². The van der Waals surface area contributed by atoms with E-state index < -0.39 is 0 Å². The van der Waals surface area contributed by atoms with Crippen LogP contribution in [0.2, 0.25) is 0 Å². The zero-order chi connectivity index (χ0) is 23.9. The second-order valence-corrected chi connectivity index (χ2v) is 10.3. The Bertz CT molecular complexity index is 786. The van der Waals surface area contributed by atoms with E-state index in [1.807, 2.05) is 35.2 Å². The van der Waals surface area contributed by atoms with Gasteiger partial charge in [0.2, 0.25) is 11.8 Å². The van der Waals surface area contributed by atoms with E-state index in [4.69, 9.17) is 9.47 Å². The molecule has 3 unspecified atom stereocenters. The summed E-state index contributed by atoms with van der Waals surface area (Å²) < 4.78 is 11.5. The van der Waals surface area contributed by atoms with Crippen molar-refractivity contribution in [2.75, 3.05) is 52.4 Å². The lowest BCUT2D eigenvalue weighted by atomic mass is 9.92. The molecule has 0 aliphatic carbocycles. The van der Waals surface area contributed by atoms with Crippen molar-refractivity contribution in [1.82, 2.24) is 14.7 Å². The minimum absolute atomic E-state index is 0.0646. The SMILES string of the molecule is CC1CN(CC2CCN(C(=O)C3CCCN(C(=O)CCOc4ccccc4)C3)CC2)CC(C)O1. The molecule has 3 heterocycles. The van der Waals surface area contributed by atoms with Gasteiger partial charge in [0, 0.05) is 45.8 Å². The number of benzene rings is 1. The molecule has 1 aromatic carbocycles. The number of nitrogens with zero attached hydrogens (tertiary/aromatic N) is 3. The van der Waals surface area contributed by atoms with E-state index in [0.717, 1.165) is 70.7 Å². The van der Waals surface area contributed by atoms with Gasteiger partial charge in [-0.1, -0.05) is 18.2 Å². The Morgan fingerprint density at radius 1 is 0.941 bits per heavy atom. The van der Waals surface area contributed by atoms with Gasteiger partial charge in [0.05, 0.1) is 31.2 Å². The number of hydrogen-bond donors (Lipinski definition) is 0. The van der Waals surface area contributed by atoms with E-state index in [1.165, 1.54) is 0 Å². The van der Waals surface area contributed by atoms with Gasteiger partial charge in [-0.25, -0.2) is 0 Å². The summed E-state index contributed by atoms with van der Waals surface area (Å²) in [5, 5.41) is 0. The summed E-state index contributed by atoms with van der Waals surface area (Å²) >= 11 is 0. The molecule has 3 aliphatic heterocycles. The first-order valence-corrected chi connectivity index (χ1v) is 13.1. The molecule has 0 saturated carbocycles. The Balaban J connectivity index is 1.18. The van der Waals surface area contributed by atoms with Gasteiger partial charge >= 0.3 is 0 Å². The van der Waals surface area contributed by atoms with Crippen molar-refractivity contribution in [3.8, 4) is 5.75 Å². The summed E-state index contributed by atoms with van der Waals surface area (Å²) in [6.07, 6.45) is 4.85. The summed E-state index contributed by atoms with van der Waals surface area (Å²) in [7, 11) is 0. The molecule has 0 radical (unpaired) electrons. The lowest BCUT2D eigenvalue weighted by Crippen LogP contribution is -2.50. The fourth-order valence-corrected chi connectivity index (χ4v) is 5.73. The normalized spacial score (nSPS) is 26.9. The molecule has 188 valence electrons. The number of para-hydroxylation sites is 1. The molecule has 4 rings (SSSR count).